The van der Waals surface area contributed by atoms with Gasteiger partial charge < -0.3 is 15.7 Å². The molecule has 37 heavy (non-hydrogen) atoms. The van der Waals surface area contributed by atoms with Crippen molar-refractivity contribution in [1.82, 2.24) is 20.9 Å². The van der Waals surface area contributed by atoms with E-state index >= 15 is 0 Å². The Kier molecular flexibility index (Phi) is 9.46. The predicted molar refractivity (Wildman–Crippen MR) is 141 cm³/mol. The zero-order chi connectivity index (χ0) is 26.0. The fraction of sp³-hybridized carbons (Fsp3) is 0.379. The van der Waals surface area contributed by atoms with Crippen LogP contribution in [0.25, 0.3) is 0 Å². The van der Waals surface area contributed by atoms with Gasteiger partial charge in [0.25, 0.3) is 0 Å². The second-order valence-corrected chi connectivity index (χ2v) is 9.60. The molecule has 0 aliphatic carbocycles. The number of benzene rings is 2. The molecule has 0 aromatic heterocycles. The highest BCUT2D eigenvalue weighted by Crippen LogP contribution is 2.20. The molecule has 0 radical (unpaired) electrons. The van der Waals surface area contributed by atoms with E-state index in [1.165, 1.54) is 29.3 Å². The third-order valence-corrected chi connectivity index (χ3v) is 6.78. The van der Waals surface area contributed by atoms with Gasteiger partial charge in [-0.1, -0.05) is 48.5 Å². The van der Waals surface area contributed by atoms with E-state index in [0.717, 1.165) is 37.9 Å². The minimum Gasteiger partial charge on any atom is -0.481 e. The first-order valence-electron chi connectivity index (χ1n) is 12.9. The number of piperidine rings is 1. The van der Waals surface area contributed by atoms with Crippen LogP contribution >= 0.6 is 0 Å². The van der Waals surface area contributed by atoms with E-state index < -0.39 is 17.8 Å². The fourth-order valence-corrected chi connectivity index (χ4v) is 4.81. The van der Waals surface area contributed by atoms with Gasteiger partial charge >= 0.3 is 5.97 Å². The van der Waals surface area contributed by atoms with Crippen molar-refractivity contribution in [3.8, 4) is 0 Å². The summed E-state index contributed by atoms with van der Waals surface area (Å²) in [7, 11) is 0. The van der Waals surface area contributed by atoms with E-state index in [9.17, 15) is 19.1 Å². The number of carboxylic acids is 1. The molecule has 7 nitrogen and oxygen atoms in total. The highest BCUT2D eigenvalue weighted by atomic mass is 19.1. The largest absolute Gasteiger partial charge is 0.481 e. The van der Waals surface area contributed by atoms with Crippen molar-refractivity contribution in [3.63, 3.8) is 0 Å². The number of nitrogens with one attached hydrogen (secondary N) is 3. The van der Waals surface area contributed by atoms with Gasteiger partial charge in [-0.05, 0) is 67.1 Å². The van der Waals surface area contributed by atoms with E-state index in [1.54, 1.807) is 6.07 Å². The number of hydrogen-bond donors (Lipinski definition) is 4. The Hall–Kier alpha value is -3.49. The molecule has 1 unspecified atom stereocenters. The van der Waals surface area contributed by atoms with E-state index in [4.69, 9.17) is 0 Å². The molecular weight excluding hydrogens is 471 g/mol. The molecule has 1 fully saturated rings. The fourth-order valence-electron chi connectivity index (χ4n) is 4.81. The van der Waals surface area contributed by atoms with Crippen LogP contribution in [-0.2, 0) is 16.0 Å². The van der Waals surface area contributed by atoms with Crippen LogP contribution in [-0.4, -0.2) is 54.2 Å². The summed E-state index contributed by atoms with van der Waals surface area (Å²) in [5, 5.41) is 19.2. The number of dihydropyridines is 1. The molecule has 2 atom stereocenters. The Labute approximate surface area is 217 Å². The van der Waals surface area contributed by atoms with Crippen LogP contribution in [0.5, 0.6) is 0 Å². The first kappa shape index (κ1) is 26.6. The molecule has 8 heteroatoms. The lowest BCUT2D eigenvalue weighted by Crippen LogP contribution is -2.48. The van der Waals surface area contributed by atoms with Crippen LogP contribution < -0.4 is 16.0 Å². The average molecular weight is 507 g/mol. The van der Waals surface area contributed by atoms with Crippen molar-refractivity contribution in [2.75, 3.05) is 26.2 Å². The molecule has 2 aliphatic rings. The summed E-state index contributed by atoms with van der Waals surface area (Å²) < 4.78 is 13.8. The van der Waals surface area contributed by atoms with E-state index in [0.29, 0.717) is 18.7 Å². The molecule has 1 amide bonds. The maximum atomic E-state index is 13.8. The van der Waals surface area contributed by atoms with Gasteiger partial charge in [-0.3, -0.25) is 19.8 Å². The lowest BCUT2D eigenvalue weighted by atomic mass is 9.99. The number of carbonyl (C=O) groups excluding carboxylic acids is 1. The molecule has 2 aliphatic heterocycles. The topological polar surface area (TPSA) is 93.7 Å². The summed E-state index contributed by atoms with van der Waals surface area (Å²) in [6, 6.07) is 15.0. The second kappa shape index (κ2) is 13.2. The molecule has 0 bridgehead atoms. The number of allylic oxidation sites excluding steroid dienone is 2. The second-order valence-electron chi connectivity index (χ2n) is 9.60. The lowest BCUT2D eigenvalue weighted by molar-refractivity contribution is -0.137. The molecule has 4 N–H and O–H groups in total. The van der Waals surface area contributed by atoms with Crippen LogP contribution in [0, 0.1) is 5.82 Å². The van der Waals surface area contributed by atoms with Crippen molar-refractivity contribution in [1.29, 1.82) is 0 Å². The Morgan fingerprint density at radius 2 is 1.89 bits per heavy atom. The van der Waals surface area contributed by atoms with Crippen molar-refractivity contribution >= 4 is 11.9 Å². The minimum atomic E-state index is -1.06. The molecule has 4 rings (SSSR count). The van der Waals surface area contributed by atoms with Crippen molar-refractivity contribution < 1.29 is 19.1 Å². The van der Waals surface area contributed by atoms with Gasteiger partial charge in [0.15, 0.2) is 0 Å². The maximum Gasteiger partial charge on any atom is 0.305 e. The van der Waals surface area contributed by atoms with Gasteiger partial charge in [0, 0.05) is 18.8 Å². The molecule has 1 saturated heterocycles. The summed E-state index contributed by atoms with van der Waals surface area (Å²) in [5.41, 5.74) is 4.12. The summed E-state index contributed by atoms with van der Waals surface area (Å²) in [5.74, 6) is -1.82. The van der Waals surface area contributed by atoms with Gasteiger partial charge in [0.1, 0.15) is 5.82 Å². The quantitative estimate of drug-likeness (QED) is 0.352. The summed E-state index contributed by atoms with van der Waals surface area (Å²) in [6.07, 6.45) is 7.97. The monoisotopic (exact) mass is 506 g/mol. The Morgan fingerprint density at radius 1 is 1.08 bits per heavy atom. The maximum absolute atomic E-state index is 13.8. The Bertz CT molecular complexity index is 1130. The predicted octanol–water partition coefficient (Wildman–Crippen LogP) is 3.52. The Morgan fingerprint density at radius 3 is 2.68 bits per heavy atom. The highest BCUT2D eigenvalue weighted by molar-refractivity contribution is 5.79. The van der Waals surface area contributed by atoms with Crippen LogP contribution in [0.2, 0.25) is 0 Å². The number of halogens is 1. The number of hydrogen-bond acceptors (Lipinski definition) is 5. The standard InChI is InChI=1S/C29H35FN4O3/c30-24-10-4-8-23(18-24)26(19-28(36)37)33-27(35)20-34(16-13-21-6-2-1-3-7-21)17-14-25-12-11-22-9-5-15-31-29(22)32-25/h1-4,6-8,10-12,18,26,29,31-32H,5,9,13-17,19-20H2,(H,33,35)(H,36,37)/t26-,29?/m0/s1. The molecule has 0 spiro atoms. The van der Waals surface area contributed by atoms with Gasteiger partial charge in [0.2, 0.25) is 5.91 Å². The van der Waals surface area contributed by atoms with Crippen LogP contribution in [0.15, 0.2) is 78.0 Å². The number of carbonyl (C=O) groups is 2. The van der Waals surface area contributed by atoms with E-state index in [-0.39, 0.29) is 25.0 Å². The van der Waals surface area contributed by atoms with Gasteiger partial charge in [-0.25, -0.2) is 4.39 Å². The number of fused-ring (bicyclic) bond motifs is 1. The molecular formula is C29H35FN4O3. The van der Waals surface area contributed by atoms with Crippen LogP contribution in [0.1, 0.15) is 42.9 Å². The lowest BCUT2D eigenvalue weighted by Gasteiger charge is -2.33. The van der Waals surface area contributed by atoms with Crippen LogP contribution in [0.3, 0.4) is 0 Å². The third kappa shape index (κ3) is 8.27. The number of rotatable bonds is 12. The molecule has 0 saturated carbocycles. The normalized spacial score (nSPS) is 17.7. The van der Waals surface area contributed by atoms with Crippen molar-refractivity contribution in [3.05, 3.63) is 95.0 Å². The number of aliphatic carboxylic acids is 1. The third-order valence-electron chi connectivity index (χ3n) is 6.78. The van der Waals surface area contributed by atoms with Gasteiger partial charge in [0.05, 0.1) is 25.2 Å². The van der Waals surface area contributed by atoms with Gasteiger partial charge in [-0.2, -0.15) is 0 Å². The number of nitrogens with zero attached hydrogens (tertiary/aromatic N) is 1. The van der Waals surface area contributed by atoms with Crippen molar-refractivity contribution in [2.45, 2.75) is 44.3 Å². The zero-order valence-corrected chi connectivity index (χ0v) is 21.0. The molecule has 2 aromatic carbocycles. The minimum absolute atomic E-state index is 0.119. The zero-order valence-electron chi connectivity index (χ0n) is 21.0. The molecule has 2 heterocycles. The van der Waals surface area contributed by atoms with Crippen LogP contribution in [0.4, 0.5) is 4.39 Å². The SMILES string of the molecule is O=C(O)C[C@H](NC(=O)CN(CCC1=CC=C2CCCNC2N1)CCc1ccccc1)c1cccc(F)c1. The first-order chi connectivity index (χ1) is 18.0. The number of amides is 1. The Balaban J connectivity index is 1.40. The molecule has 2 aromatic rings. The smallest absolute Gasteiger partial charge is 0.305 e. The van der Waals surface area contributed by atoms with Crippen molar-refractivity contribution in [2.24, 2.45) is 0 Å². The first-order valence-corrected chi connectivity index (χ1v) is 12.9. The summed E-state index contributed by atoms with van der Waals surface area (Å²) in [6.45, 7) is 2.46. The average Bonchev–Trinajstić information content (AvgIpc) is 2.90. The highest BCUT2D eigenvalue weighted by Gasteiger charge is 2.23. The number of carboxylic acid groups (broad SMARTS) is 1. The molecule has 196 valence electrons. The summed E-state index contributed by atoms with van der Waals surface area (Å²) in [4.78, 5) is 26.6. The summed E-state index contributed by atoms with van der Waals surface area (Å²) >= 11 is 0. The van der Waals surface area contributed by atoms with E-state index in [2.05, 4.69) is 45.1 Å². The van der Waals surface area contributed by atoms with Gasteiger partial charge in [-0.15, -0.1) is 0 Å². The van der Waals surface area contributed by atoms with E-state index in [1.807, 2.05) is 18.2 Å².